The smallest absolute Gasteiger partial charge is 0.244 e. The minimum Gasteiger partial charge on any atom is -0.489 e. The van der Waals surface area contributed by atoms with Gasteiger partial charge in [0.2, 0.25) is 5.91 Å². The second-order valence-electron chi connectivity index (χ2n) is 6.68. The summed E-state index contributed by atoms with van der Waals surface area (Å²) in [5.41, 5.74) is 5.53. The van der Waals surface area contributed by atoms with E-state index in [0.717, 1.165) is 16.9 Å². The molecule has 7 heteroatoms. The molecule has 0 spiro atoms. The number of carbonyl (C=O) groups is 1. The number of sulfone groups is 1. The molecule has 3 rings (SSSR count). The molecule has 142 valence electrons. The lowest BCUT2D eigenvalue weighted by Gasteiger charge is -2.07. The van der Waals surface area contributed by atoms with E-state index in [-0.39, 0.29) is 17.4 Å². The maximum absolute atomic E-state index is 11.9. The number of ether oxygens (including phenoxy) is 1. The molecule has 0 unspecified atom stereocenters. The van der Waals surface area contributed by atoms with Crippen LogP contribution >= 0.6 is 0 Å². The fourth-order valence-corrected chi connectivity index (χ4v) is 4.51. The molecule has 1 amide bonds. The number of hydrazone groups is 1. The number of aryl methyl sites for hydroxylation is 1. The summed E-state index contributed by atoms with van der Waals surface area (Å²) >= 11 is 0. The molecular formula is C20H22N2O4S. The van der Waals surface area contributed by atoms with E-state index in [4.69, 9.17) is 4.74 Å². The number of benzene rings is 2. The Labute approximate surface area is 159 Å². The summed E-state index contributed by atoms with van der Waals surface area (Å²) in [6.45, 7) is 2.54. The van der Waals surface area contributed by atoms with Gasteiger partial charge in [-0.2, -0.15) is 5.10 Å². The highest BCUT2D eigenvalue weighted by Crippen LogP contribution is 2.18. The maximum atomic E-state index is 11.9. The molecule has 6 nitrogen and oxygen atoms in total. The van der Waals surface area contributed by atoms with E-state index in [1.807, 2.05) is 55.5 Å². The van der Waals surface area contributed by atoms with Crippen LogP contribution < -0.4 is 10.2 Å². The highest BCUT2D eigenvalue weighted by atomic mass is 32.2. The van der Waals surface area contributed by atoms with Crippen molar-refractivity contribution in [3.63, 3.8) is 0 Å². The van der Waals surface area contributed by atoms with E-state index in [9.17, 15) is 13.2 Å². The molecule has 1 N–H and O–H groups in total. The van der Waals surface area contributed by atoms with Crippen molar-refractivity contribution in [2.45, 2.75) is 20.0 Å². The van der Waals surface area contributed by atoms with Gasteiger partial charge in [-0.1, -0.05) is 29.8 Å². The van der Waals surface area contributed by atoms with Crippen LogP contribution in [0, 0.1) is 12.8 Å². The van der Waals surface area contributed by atoms with Crippen LogP contribution in [0.2, 0.25) is 0 Å². The van der Waals surface area contributed by atoms with Crippen molar-refractivity contribution in [2.75, 3.05) is 11.5 Å². The average Bonchev–Trinajstić information content (AvgIpc) is 3.02. The zero-order chi connectivity index (χ0) is 19.3. The second-order valence-corrected chi connectivity index (χ2v) is 8.91. The minimum absolute atomic E-state index is 0.0683. The highest BCUT2D eigenvalue weighted by Gasteiger charge is 2.32. The Morgan fingerprint density at radius 3 is 2.52 bits per heavy atom. The number of carbonyl (C=O) groups excluding carboxylic acids is 1. The van der Waals surface area contributed by atoms with Crippen LogP contribution in [0.15, 0.2) is 53.6 Å². The van der Waals surface area contributed by atoms with Crippen LogP contribution in [0.25, 0.3) is 0 Å². The first-order valence-corrected chi connectivity index (χ1v) is 10.6. The van der Waals surface area contributed by atoms with E-state index in [1.54, 1.807) is 0 Å². The van der Waals surface area contributed by atoms with Crippen LogP contribution in [-0.4, -0.2) is 32.0 Å². The Balaban J connectivity index is 1.47. The number of nitrogens with one attached hydrogen (secondary N) is 1. The zero-order valence-electron chi connectivity index (χ0n) is 15.1. The highest BCUT2D eigenvalue weighted by molar-refractivity contribution is 7.91. The lowest BCUT2D eigenvalue weighted by atomic mass is 10.1. The van der Waals surface area contributed by atoms with Crippen LogP contribution in [-0.2, 0) is 21.2 Å². The van der Waals surface area contributed by atoms with E-state index < -0.39 is 15.8 Å². The Hall–Kier alpha value is -2.67. The van der Waals surface area contributed by atoms with Gasteiger partial charge in [-0.3, -0.25) is 4.79 Å². The molecule has 0 bridgehead atoms. The topological polar surface area (TPSA) is 84.8 Å². The van der Waals surface area contributed by atoms with E-state index in [0.29, 0.717) is 13.0 Å². The monoisotopic (exact) mass is 386 g/mol. The molecule has 1 atom stereocenters. The van der Waals surface area contributed by atoms with Gasteiger partial charge in [0.05, 0.1) is 23.6 Å². The molecule has 0 radical (unpaired) electrons. The lowest BCUT2D eigenvalue weighted by molar-refractivity contribution is -0.124. The molecule has 2 aromatic carbocycles. The number of hydrogen-bond donors (Lipinski definition) is 1. The van der Waals surface area contributed by atoms with Crippen molar-refractivity contribution in [3.8, 4) is 5.75 Å². The molecule has 1 aliphatic heterocycles. The van der Waals surface area contributed by atoms with Gasteiger partial charge in [-0.25, -0.2) is 13.8 Å². The summed E-state index contributed by atoms with van der Waals surface area (Å²) in [5.74, 6) is -0.150. The number of nitrogens with zero attached hydrogens (tertiary/aromatic N) is 1. The van der Waals surface area contributed by atoms with Gasteiger partial charge in [0, 0.05) is 0 Å². The molecule has 1 fully saturated rings. The molecular weight excluding hydrogens is 364 g/mol. The molecule has 0 aromatic heterocycles. The van der Waals surface area contributed by atoms with Crippen LogP contribution in [0.3, 0.4) is 0 Å². The van der Waals surface area contributed by atoms with Gasteiger partial charge in [0.25, 0.3) is 0 Å². The predicted octanol–water partition coefficient (Wildman–Crippen LogP) is 2.46. The minimum atomic E-state index is -3.08. The summed E-state index contributed by atoms with van der Waals surface area (Å²) in [7, 11) is -3.08. The van der Waals surface area contributed by atoms with Gasteiger partial charge in [0.15, 0.2) is 9.84 Å². The van der Waals surface area contributed by atoms with E-state index in [1.165, 1.54) is 11.8 Å². The predicted molar refractivity (Wildman–Crippen MR) is 104 cm³/mol. The van der Waals surface area contributed by atoms with E-state index in [2.05, 4.69) is 10.5 Å². The molecule has 27 heavy (non-hydrogen) atoms. The maximum Gasteiger partial charge on any atom is 0.244 e. The molecule has 2 aromatic rings. The summed E-state index contributed by atoms with van der Waals surface area (Å²) in [6, 6.07) is 15.5. The first-order valence-electron chi connectivity index (χ1n) is 8.73. The van der Waals surface area contributed by atoms with Crippen molar-refractivity contribution >= 4 is 22.0 Å². The molecule has 1 saturated heterocycles. The first kappa shape index (κ1) is 19.1. The number of amides is 1. The summed E-state index contributed by atoms with van der Waals surface area (Å²) in [6.07, 6.45) is 1.88. The third-order valence-electron chi connectivity index (χ3n) is 4.40. The lowest BCUT2D eigenvalue weighted by Crippen LogP contribution is -2.27. The van der Waals surface area contributed by atoms with Crippen molar-refractivity contribution in [2.24, 2.45) is 11.0 Å². The fourth-order valence-electron chi connectivity index (χ4n) is 2.76. The largest absolute Gasteiger partial charge is 0.489 e. The summed E-state index contributed by atoms with van der Waals surface area (Å²) < 4.78 is 28.5. The number of rotatable bonds is 6. The van der Waals surface area contributed by atoms with Gasteiger partial charge in [-0.15, -0.1) is 0 Å². The fraction of sp³-hybridized carbons (Fsp3) is 0.300. The quantitative estimate of drug-likeness (QED) is 0.610. The normalized spacial score (nSPS) is 18.5. The second kappa shape index (κ2) is 8.35. The summed E-state index contributed by atoms with van der Waals surface area (Å²) in [5, 5.41) is 3.91. The van der Waals surface area contributed by atoms with Gasteiger partial charge >= 0.3 is 0 Å². The third-order valence-corrected chi connectivity index (χ3v) is 6.17. The van der Waals surface area contributed by atoms with E-state index >= 15 is 0 Å². The van der Waals surface area contributed by atoms with Crippen molar-refractivity contribution in [3.05, 3.63) is 65.2 Å². The van der Waals surface area contributed by atoms with Crippen molar-refractivity contribution < 1.29 is 17.9 Å². The standard InChI is InChI=1S/C20H22N2O4S/c1-15-2-4-17(5-3-15)13-26-19-8-6-16(7-9-19)12-21-22-20(23)18-10-11-27(24,25)14-18/h2-9,12,18H,10-11,13-14H2,1H3,(H,22,23)/b21-12-/t18-/m1/s1. The third kappa shape index (κ3) is 5.65. The van der Waals surface area contributed by atoms with Crippen molar-refractivity contribution in [1.29, 1.82) is 0 Å². The van der Waals surface area contributed by atoms with Crippen molar-refractivity contribution in [1.82, 2.24) is 5.43 Å². The summed E-state index contributed by atoms with van der Waals surface area (Å²) in [4.78, 5) is 11.9. The Morgan fingerprint density at radius 1 is 1.19 bits per heavy atom. The Morgan fingerprint density at radius 2 is 1.89 bits per heavy atom. The van der Waals surface area contributed by atoms with Crippen LogP contribution in [0.5, 0.6) is 5.75 Å². The number of hydrogen-bond acceptors (Lipinski definition) is 5. The van der Waals surface area contributed by atoms with Gasteiger partial charge in [0.1, 0.15) is 12.4 Å². The Bertz CT molecular complexity index is 919. The van der Waals surface area contributed by atoms with Gasteiger partial charge in [-0.05, 0) is 48.7 Å². The molecule has 1 aliphatic rings. The average molecular weight is 386 g/mol. The van der Waals surface area contributed by atoms with Gasteiger partial charge < -0.3 is 4.74 Å². The first-order chi connectivity index (χ1) is 12.9. The van der Waals surface area contributed by atoms with Crippen LogP contribution in [0.4, 0.5) is 0 Å². The molecule has 0 aliphatic carbocycles. The molecule has 1 heterocycles. The molecule has 0 saturated carbocycles. The SMILES string of the molecule is Cc1ccc(COc2ccc(/C=N\NC(=O)[C@@H]3CCS(=O)(=O)C3)cc2)cc1. The Kier molecular flexibility index (Phi) is 5.91. The van der Waals surface area contributed by atoms with Crippen LogP contribution in [0.1, 0.15) is 23.1 Å². The zero-order valence-corrected chi connectivity index (χ0v) is 15.9.